The molecule has 1 saturated heterocycles. The minimum Gasteiger partial charge on any atom is -0.301 e. The van der Waals surface area contributed by atoms with Gasteiger partial charge >= 0.3 is 0 Å². The molecule has 120 valence electrons. The minimum atomic E-state index is 0.0760. The summed E-state index contributed by atoms with van der Waals surface area (Å²) in [5.74, 6) is 0.515. The number of nitrogens with one attached hydrogen (secondary N) is 1. The number of hydrogen-bond acceptors (Lipinski definition) is 5. The van der Waals surface area contributed by atoms with Crippen molar-refractivity contribution >= 4 is 21.6 Å². The van der Waals surface area contributed by atoms with Crippen LogP contribution in [0.3, 0.4) is 0 Å². The highest BCUT2D eigenvalue weighted by Crippen LogP contribution is 2.25. The second kappa shape index (κ2) is 6.25. The summed E-state index contributed by atoms with van der Waals surface area (Å²) in [6, 6.07) is 3.96. The summed E-state index contributed by atoms with van der Waals surface area (Å²) in [7, 11) is 0. The van der Waals surface area contributed by atoms with Gasteiger partial charge in [0.1, 0.15) is 4.70 Å². The van der Waals surface area contributed by atoms with Gasteiger partial charge in [0, 0.05) is 37.4 Å². The van der Waals surface area contributed by atoms with Crippen LogP contribution in [0.15, 0.2) is 34.8 Å². The summed E-state index contributed by atoms with van der Waals surface area (Å²) in [5, 5.41) is 9.06. The summed E-state index contributed by atoms with van der Waals surface area (Å²) in [5.41, 5.74) is 2.09. The van der Waals surface area contributed by atoms with Crippen LogP contribution >= 0.6 is 11.3 Å². The average Bonchev–Trinajstić information content (AvgIpc) is 3.26. The van der Waals surface area contributed by atoms with E-state index in [1.165, 1.54) is 29.9 Å². The number of H-pyrrole nitrogens is 1. The van der Waals surface area contributed by atoms with E-state index in [-0.39, 0.29) is 5.56 Å². The number of nitrogens with zero attached hydrogens (tertiary/aromatic N) is 4. The summed E-state index contributed by atoms with van der Waals surface area (Å²) >= 11 is 1.47. The highest BCUT2D eigenvalue weighted by Gasteiger charge is 2.22. The van der Waals surface area contributed by atoms with E-state index in [2.05, 4.69) is 26.1 Å². The molecule has 23 heavy (non-hydrogen) atoms. The van der Waals surface area contributed by atoms with E-state index in [9.17, 15) is 4.79 Å². The van der Waals surface area contributed by atoms with Crippen molar-refractivity contribution in [2.75, 3.05) is 19.6 Å². The van der Waals surface area contributed by atoms with Crippen molar-refractivity contribution in [3.8, 4) is 0 Å². The third-order valence-electron chi connectivity index (χ3n) is 4.56. The Kier molecular flexibility index (Phi) is 3.97. The number of rotatable bonds is 4. The van der Waals surface area contributed by atoms with E-state index in [0.29, 0.717) is 12.5 Å². The molecule has 1 N–H and O–H groups in total. The Bertz CT molecular complexity index is 838. The molecule has 1 atom stereocenters. The molecule has 1 aliphatic heterocycles. The minimum absolute atomic E-state index is 0.0760. The van der Waals surface area contributed by atoms with E-state index >= 15 is 0 Å². The lowest BCUT2D eigenvalue weighted by Crippen LogP contribution is -2.38. The number of piperidine rings is 1. The second-order valence-electron chi connectivity index (χ2n) is 6.03. The summed E-state index contributed by atoms with van der Waals surface area (Å²) in [6.07, 6.45) is 5.87. The van der Waals surface area contributed by atoms with Crippen LogP contribution < -0.4 is 5.56 Å². The molecule has 3 aromatic heterocycles. The summed E-state index contributed by atoms with van der Waals surface area (Å²) in [6.45, 7) is 3.68. The number of hydrogen-bond donors (Lipinski definition) is 1. The van der Waals surface area contributed by atoms with E-state index in [1.807, 2.05) is 17.6 Å². The Morgan fingerprint density at radius 1 is 1.35 bits per heavy atom. The lowest BCUT2D eigenvalue weighted by Gasteiger charge is -2.32. The molecule has 4 rings (SSSR count). The predicted octanol–water partition coefficient (Wildman–Crippen LogP) is 2.06. The topological polar surface area (TPSA) is 66.8 Å². The number of fused-ring (bicyclic) bond motifs is 1. The maximum atomic E-state index is 12.4. The molecular formula is C16H19N5OS. The molecule has 0 radical (unpaired) electrons. The van der Waals surface area contributed by atoms with Crippen molar-refractivity contribution in [1.29, 1.82) is 0 Å². The molecule has 1 fully saturated rings. The molecule has 1 aliphatic rings. The van der Waals surface area contributed by atoms with Gasteiger partial charge in [-0.3, -0.25) is 14.5 Å². The maximum absolute atomic E-state index is 12.4. The van der Waals surface area contributed by atoms with Crippen LogP contribution in [0.5, 0.6) is 0 Å². The quantitative estimate of drug-likeness (QED) is 0.796. The Balaban J connectivity index is 1.43. The summed E-state index contributed by atoms with van der Waals surface area (Å²) < 4.78 is 2.49. The number of aromatic nitrogens is 4. The third kappa shape index (κ3) is 2.94. The molecule has 0 aliphatic carbocycles. The van der Waals surface area contributed by atoms with Crippen LogP contribution in [-0.2, 0) is 6.54 Å². The van der Waals surface area contributed by atoms with Crippen LogP contribution in [0, 0.1) is 0 Å². The average molecular weight is 329 g/mol. The molecular weight excluding hydrogens is 310 g/mol. The lowest BCUT2D eigenvalue weighted by atomic mass is 9.95. The zero-order valence-corrected chi connectivity index (χ0v) is 13.6. The highest BCUT2D eigenvalue weighted by atomic mass is 32.1. The molecule has 3 aromatic rings. The SMILES string of the molecule is O=c1c2sccc2ncn1CCN1CCC[C@H](c2ccn[nH]2)C1. The normalized spacial score (nSPS) is 19.4. The fourth-order valence-electron chi connectivity index (χ4n) is 3.29. The highest BCUT2D eigenvalue weighted by molar-refractivity contribution is 7.17. The molecule has 0 amide bonds. The fourth-order valence-corrected chi connectivity index (χ4v) is 4.09. The van der Waals surface area contributed by atoms with Gasteiger partial charge in [-0.2, -0.15) is 5.10 Å². The van der Waals surface area contributed by atoms with E-state index in [0.717, 1.165) is 29.9 Å². The van der Waals surface area contributed by atoms with Gasteiger partial charge in [0.2, 0.25) is 0 Å². The maximum Gasteiger partial charge on any atom is 0.271 e. The van der Waals surface area contributed by atoms with Crippen molar-refractivity contribution in [3.63, 3.8) is 0 Å². The molecule has 7 heteroatoms. The fraction of sp³-hybridized carbons (Fsp3) is 0.438. The lowest BCUT2D eigenvalue weighted by molar-refractivity contribution is 0.198. The van der Waals surface area contributed by atoms with Crippen molar-refractivity contribution < 1.29 is 0 Å². The van der Waals surface area contributed by atoms with Crippen molar-refractivity contribution in [1.82, 2.24) is 24.6 Å². The molecule has 0 aromatic carbocycles. The van der Waals surface area contributed by atoms with Gasteiger partial charge in [0.05, 0.1) is 11.8 Å². The van der Waals surface area contributed by atoms with Gasteiger partial charge in [0.15, 0.2) is 0 Å². The number of thiophene rings is 1. The van der Waals surface area contributed by atoms with Gasteiger partial charge in [-0.05, 0) is 36.9 Å². The van der Waals surface area contributed by atoms with Gasteiger partial charge in [0.25, 0.3) is 5.56 Å². The first-order valence-electron chi connectivity index (χ1n) is 7.95. The van der Waals surface area contributed by atoms with Crippen molar-refractivity contribution in [2.24, 2.45) is 0 Å². The van der Waals surface area contributed by atoms with Gasteiger partial charge < -0.3 is 4.90 Å². The standard InChI is InChI=1S/C16H19N5OS/c22-16-15-14(4-9-23-15)17-11-21(16)8-7-20-6-1-2-12(10-20)13-3-5-18-19-13/h3-5,9,11-12H,1-2,6-8,10H2,(H,18,19)/t12-/m0/s1. The molecule has 6 nitrogen and oxygen atoms in total. The molecule has 0 spiro atoms. The molecule has 0 unspecified atom stereocenters. The Hall–Kier alpha value is -1.99. The van der Waals surface area contributed by atoms with Crippen LogP contribution in [0.25, 0.3) is 10.2 Å². The van der Waals surface area contributed by atoms with E-state index < -0.39 is 0 Å². The Morgan fingerprint density at radius 3 is 3.17 bits per heavy atom. The smallest absolute Gasteiger partial charge is 0.271 e. The third-order valence-corrected chi connectivity index (χ3v) is 5.45. The first-order valence-corrected chi connectivity index (χ1v) is 8.83. The monoisotopic (exact) mass is 329 g/mol. The predicted molar refractivity (Wildman–Crippen MR) is 90.9 cm³/mol. The zero-order chi connectivity index (χ0) is 15.6. The van der Waals surface area contributed by atoms with E-state index in [1.54, 1.807) is 10.9 Å². The first kappa shape index (κ1) is 14.6. The van der Waals surface area contributed by atoms with Crippen molar-refractivity contribution in [3.05, 3.63) is 46.1 Å². The first-order chi connectivity index (χ1) is 11.3. The van der Waals surface area contributed by atoms with Gasteiger partial charge in [-0.1, -0.05) is 0 Å². The van der Waals surface area contributed by atoms with Crippen molar-refractivity contribution in [2.45, 2.75) is 25.3 Å². The number of aromatic amines is 1. The molecule has 0 bridgehead atoms. The van der Waals surface area contributed by atoms with Crippen LogP contribution in [0.4, 0.5) is 0 Å². The van der Waals surface area contributed by atoms with Crippen LogP contribution in [0.2, 0.25) is 0 Å². The largest absolute Gasteiger partial charge is 0.301 e. The van der Waals surface area contributed by atoms with Gasteiger partial charge in [-0.25, -0.2) is 4.98 Å². The molecule has 0 saturated carbocycles. The molecule has 4 heterocycles. The Morgan fingerprint density at radius 2 is 2.30 bits per heavy atom. The summed E-state index contributed by atoms with van der Waals surface area (Å²) in [4.78, 5) is 19.2. The van der Waals surface area contributed by atoms with Crippen LogP contribution in [0.1, 0.15) is 24.5 Å². The second-order valence-corrected chi connectivity index (χ2v) is 6.95. The Labute approximate surface area is 137 Å². The zero-order valence-electron chi connectivity index (χ0n) is 12.8. The van der Waals surface area contributed by atoms with Crippen LogP contribution in [-0.4, -0.2) is 44.3 Å². The van der Waals surface area contributed by atoms with E-state index in [4.69, 9.17) is 0 Å². The number of likely N-dealkylation sites (tertiary alicyclic amines) is 1. The van der Waals surface area contributed by atoms with Gasteiger partial charge in [-0.15, -0.1) is 11.3 Å².